The first-order valence-corrected chi connectivity index (χ1v) is 8.13. The van der Waals surface area contributed by atoms with Crippen LogP contribution in [0, 0.1) is 11.3 Å². The van der Waals surface area contributed by atoms with Crippen molar-refractivity contribution in [3.63, 3.8) is 0 Å². The summed E-state index contributed by atoms with van der Waals surface area (Å²) in [6.45, 7) is 0.0221. The lowest BCUT2D eigenvalue weighted by atomic mass is 10.2. The maximum Gasteiger partial charge on any atom is 0.281 e. The molecule has 0 fully saturated rings. The molecule has 3 rings (SSSR count). The van der Waals surface area contributed by atoms with Crippen LogP contribution in [0.2, 0.25) is 0 Å². The molecule has 1 aliphatic rings. The van der Waals surface area contributed by atoms with Gasteiger partial charge in [0.05, 0.1) is 11.1 Å². The van der Waals surface area contributed by atoms with Crippen LogP contribution in [-0.4, -0.2) is 18.7 Å². The zero-order valence-electron chi connectivity index (χ0n) is 12.4. The van der Waals surface area contributed by atoms with Crippen LogP contribution < -0.4 is 10.2 Å². The fourth-order valence-corrected chi connectivity index (χ4v) is 3.57. The monoisotopic (exact) mass is 325 g/mol. The summed E-state index contributed by atoms with van der Waals surface area (Å²) in [6.07, 6.45) is 4.92. The number of aryl methyl sites for hydroxylation is 2. The minimum absolute atomic E-state index is 0.0221. The smallest absolute Gasteiger partial charge is 0.281 e. The van der Waals surface area contributed by atoms with Crippen molar-refractivity contribution >= 4 is 23.5 Å². The molecule has 6 heteroatoms. The summed E-state index contributed by atoms with van der Waals surface area (Å²) in [7, 11) is 0. The second-order valence-corrected chi connectivity index (χ2v) is 6.26. The minimum atomic E-state index is -0.172. The third-order valence-corrected chi connectivity index (χ3v) is 4.77. The second-order valence-electron chi connectivity index (χ2n) is 5.13. The normalized spacial score (nSPS) is 12.8. The predicted octanol–water partition coefficient (Wildman–Crippen LogP) is 2.90. The quantitative estimate of drug-likeness (QED) is 0.678. The van der Waals surface area contributed by atoms with Crippen molar-refractivity contribution in [2.45, 2.75) is 19.3 Å². The summed E-state index contributed by atoms with van der Waals surface area (Å²) < 4.78 is 5.17. The lowest BCUT2D eigenvalue weighted by Crippen LogP contribution is -2.16. The first-order valence-electron chi connectivity index (χ1n) is 7.31. The minimum Gasteiger partial charge on any atom is -0.479 e. The van der Waals surface area contributed by atoms with Crippen LogP contribution in [0.4, 0.5) is 0 Å². The second kappa shape index (κ2) is 7.07. The lowest BCUT2D eigenvalue weighted by molar-refractivity contribution is 0.0959. The SMILES string of the molecule is N#CCOc1ccc(/C=N\NC(=O)c2cc3c(s2)CCC3)cc1. The van der Waals surface area contributed by atoms with E-state index < -0.39 is 0 Å². The molecule has 116 valence electrons. The molecule has 0 bridgehead atoms. The van der Waals surface area contributed by atoms with Crippen LogP contribution in [-0.2, 0) is 12.8 Å². The predicted molar refractivity (Wildman–Crippen MR) is 89.0 cm³/mol. The van der Waals surface area contributed by atoms with Crippen LogP contribution in [0.15, 0.2) is 35.4 Å². The molecule has 1 N–H and O–H groups in total. The Morgan fingerprint density at radius 1 is 1.39 bits per heavy atom. The third kappa shape index (κ3) is 3.76. The fourth-order valence-electron chi connectivity index (χ4n) is 2.43. The van der Waals surface area contributed by atoms with E-state index in [1.54, 1.807) is 29.7 Å². The highest BCUT2D eigenvalue weighted by molar-refractivity contribution is 7.14. The third-order valence-electron chi connectivity index (χ3n) is 3.53. The van der Waals surface area contributed by atoms with Gasteiger partial charge in [-0.2, -0.15) is 10.4 Å². The number of carbonyl (C=O) groups excluding carboxylic acids is 1. The molecule has 5 nitrogen and oxygen atoms in total. The van der Waals surface area contributed by atoms with Crippen LogP contribution >= 0.6 is 11.3 Å². The molecule has 0 radical (unpaired) electrons. The van der Waals surface area contributed by atoms with Crippen molar-refractivity contribution < 1.29 is 9.53 Å². The van der Waals surface area contributed by atoms with Crippen molar-refractivity contribution in [3.05, 3.63) is 51.2 Å². The first-order chi connectivity index (χ1) is 11.3. The molecule has 1 aromatic carbocycles. The molecule has 1 heterocycles. The standard InChI is InChI=1S/C17H15N3O2S/c18-8-9-22-14-6-4-12(5-7-14)11-19-20-17(21)16-10-13-2-1-3-15(13)23-16/h4-7,10-11H,1-3,9H2,(H,20,21)/b19-11-. The number of thiophene rings is 1. The van der Waals surface area contributed by atoms with Crippen LogP contribution in [0.1, 0.15) is 32.1 Å². The zero-order valence-corrected chi connectivity index (χ0v) is 13.2. The maximum atomic E-state index is 12.0. The van der Waals surface area contributed by atoms with E-state index in [0.717, 1.165) is 18.4 Å². The lowest BCUT2D eigenvalue weighted by Gasteiger charge is -2.01. The number of amides is 1. The highest BCUT2D eigenvalue weighted by Gasteiger charge is 2.17. The molecule has 2 aromatic rings. The van der Waals surface area contributed by atoms with Gasteiger partial charge in [0.2, 0.25) is 0 Å². The molecule has 0 unspecified atom stereocenters. The molecule has 0 atom stereocenters. The van der Waals surface area contributed by atoms with E-state index in [-0.39, 0.29) is 12.5 Å². The van der Waals surface area contributed by atoms with Gasteiger partial charge in [-0.25, -0.2) is 5.43 Å². The Bertz CT molecular complexity index is 751. The van der Waals surface area contributed by atoms with E-state index in [1.807, 2.05) is 24.3 Å². The number of ether oxygens (including phenoxy) is 1. The number of rotatable bonds is 5. The molecule has 1 aliphatic carbocycles. The summed E-state index contributed by atoms with van der Waals surface area (Å²) in [5, 5.41) is 12.4. The molecular weight excluding hydrogens is 310 g/mol. The molecule has 0 aliphatic heterocycles. The first kappa shape index (κ1) is 15.3. The molecule has 0 saturated carbocycles. The summed E-state index contributed by atoms with van der Waals surface area (Å²) in [4.78, 5) is 14.1. The van der Waals surface area contributed by atoms with E-state index in [9.17, 15) is 4.79 Å². The topological polar surface area (TPSA) is 74.5 Å². The number of hydrogen-bond acceptors (Lipinski definition) is 5. The van der Waals surface area contributed by atoms with Gasteiger partial charge in [-0.1, -0.05) is 0 Å². The van der Waals surface area contributed by atoms with E-state index >= 15 is 0 Å². The average Bonchev–Trinajstić information content (AvgIpc) is 3.15. The average molecular weight is 325 g/mol. The molecule has 1 amide bonds. The number of fused-ring (bicyclic) bond motifs is 1. The van der Waals surface area contributed by atoms with E-state index in [4.69, 9.17) is 10.00 Å². The van der Waals surface area contributed by atoms with Gasteiger partial charge in [0.1, 0.15) is 11.8 Å². The molecule has 23 heavy (non-hydrogen) atoms. The highest BCUT2D eigenvalue weighted by atomic mass is 32.1. The Morgan fingerprint density at radius 2 is 2.22 bits per heavy atom. The van der Waals surface area contributed by atoms with E-state index in [2.05, 4.69) is 10.5 Å². The van der Waals surface area contributed by atoms with Gasteiger partial charge in [-0.3, -0.25) is 4.79 Å². The van der Waals surface area contributed by atoms with E-state index in [1.165, 1.54) is 16.9 Å². The Labute approximate surface area is 138 Å². The van der Waals surface area contributed by atoms with Crippen molar-refractivity contribution in [1.82, 2.24) is 5.43 Å². The van der Waals surface area contributed by atoms with Gasteiger partial charge in [0, 0.05) is 4.88 Å². The highest BCUT2D eigenvalue weighted by Crippen LogP contribution is 2.30. The van der Waals surface area contributed by atoms with E-state index in [0.29, 0.717) is 10.6 Å². The Balaban J connectivity index is 1.55. The van der Waals surface area contributed by atoms with Crippen molar-refractivity contribution in [1.29, 1.82) is 5.26 Å². The van der Waals surface area contributed by atoms with Crippen molar-refractivity contribution in [2.24, 2.45) is 5.10 Å². The Hall–Kier alpha value is -2.65. The number of nitriles is 1. The number of carbonyl (C=O) groups is 1. The number of hydrogen-bond donors (Lipinski definition) is 1. The Morgan fingerprint density at radius 3 is 2.96 bits per heavy atom. The molecule has 1 aromatic heterocycles. The van der Waals surface area contributed by atoms with Gasteiger partial charge in [-0.15, -0.1) is 11.3 Å². The summed E-state index contributed by atoms with van der Waals surface area (Å²) in [5.41, 5.74) is 4.69. The van der Waals surface area contributed by atoms with Crippen molar-refractivity contribution in [3.8, 4) is 11.8 Å². The molecule has 0 spiro atoms. The van der Waals surface area contributed by atoms with Gasteiger partial charge in [-0.05, 0) is 60.7 Å². The number of nitrogens with zero attached hydrogens (tertiary/aromatic N) is 2. The molecule has 0 saturated heterocycles. The van der Waals surface area contributed by atoms with Gasteiger partial charge >= 0.3 is 0 Å². The van der Waals surface area contributed by atoms with Crippen LogP contribution in [0.25, 0.3) is 0 Å². The summed E-state index contributed by atoms with van der Waals surface area (Å²) >= 11 is 1.56. The maximum absolute atomic E-state index is 12.0. The van der Waals surface area contributed by atoms with Gasteiger partial charge in [0.25, 0.3) is 5.91 Å². The van der Waals surface area contributed by atoms with Crippen molar-refractivity contribution in [2.75, 3.05) is 6.61 Å². The van der Waals surface area contributed by atoms with Crippen LogP contribution in [0.3, 0.4) is 0 Å². The van der Waals surface area contributed by atoms with Gasteiger partial charge in [0.15, 0.2) is 6.61 Å². The van der Waals surface area contributed by atoms with Crippen LogP contribution in [0.5, 0.6) is 5.75 Å². The summed E-state index contributed by atoms with van der Waals surface area (Å²) in [5.74, 6) is 0.454. The van der Waals surface area contributed by atoms with Gasteiger partial charge < -0.3 is 4.74 Å². The fraction of sp³-hybridized carbons (Fsp3) is 0.235. The zero-order chi connectivity index (χ0) is 16.1. The number of hydrazone groups is 1. The summed E-state index contributed by atoms with van der Waals surface area (Å²) in [6, 6.07) is 11.0. The molecular formula is C17H15N3O2S. The number of nitrogens with one attached hydrogen (secondary N) is 1. The largest absolute Gasteiger partial charge is 0.479 e. The Kier molecular flexibility index (Phi) is 4.69. The number of benzene rings is 1.